The van der Waals surface area contributed by atoms with E-state index in [0.29, 0.717) is 0 Å². The molecule has 1 atom stereocenters. The molecule has 0 radical (unpaired) electrons. The zero-order chi connectivity index (χ0) is 8.48. The van der Waals surface area contributed by atoms with Crippen molar-refractivity contribution in [2.75, 3.05) is 13.2 Å². The number of rotatable bonds is 1. The van der Waals surface area contributed by atoms with E-state index in [0.717, 1.165) is 0 Å². The van der Waals surface area contributed by atoms with Gasteiger partial charge < -0.3 is 10.4 Å². The molecule has 1 amide bonds. The summed E-state index contributed by atoms with van der Waals surface area (Å²) in [6, 6.07) is 0. The molecule has 11 heavy (non-hydrogen) atoms. The van der Waals surface area contributed by atoms with Crippen LogP contribution in [0.1, 0.15) is 6.42 Å². The fourth-order valence-corrected chi connectivity index (χ4v) is 1.05. The Morgan fingerprint density at radius 3 is 2.82 bits per heavy atom. The van der Waals surface area contributed by atoms with Crippen LogP contribution in [-0.2, 0) is 4.79 Å². The highest BCUT2D eigenvalue weighted by molar-refractivity contribution is 5.84. The molecule has 1 fully saturated rings. The molecule has 0 aromatic rings. The lowest BCUT2D eigenvalue weighted by molar-refractivity contribution is -0.162. The Labute approximate surface area is 62.4 Å². The highest BCUT2D eigenvalue weighted by Gasteiger charge is 2.48. The third-order valence-electron chi connectivity index (χ3n) is 1.81. The summed E-state index contributed by atoms with van der Waals surface area (Å²) < 4.78 is 25.4. The van der Waals surface area contributed by atoms with Gasteiger partial charge in [-0.15, -0.1) is 0 Å². The number of carbonyl (C=O) groups is 1. The summed E-state index contributed by atoms with van der Waals surface area (Å²) in [7, 11) is 0. The standard InChI is InChI=1S/C6H9F2NO2/c7-6(8)4(3-10)1-2-9-5(6)11/h4,10H,1-3H2,(H,9,11)/t4-/m1/s1. The second-order valence-electron chi connectivity index (χ2n) is 2.55. The fraction of sp³-hybridized carbons (Fsp3) is 0.833. The van der Waals surface area contributed by atoms with Crippen LogP contribution in [0.4, 0.5) is 8.78 Å². The average Bonchev–Trinajstić information content (AvgIpc) is 1.95. The third kappa shape index (κ3) is 1.33. The molecule has 0 aliphatic carbocycles. The molecule has 1 aliphatic rings. The summed E-state index contributed by atoms with van der Waals surface area (Å²) in [5, 5.41) is 10.5. The Kier molecular flexibility index (Phi) is 2.08. The van der Waals surface area contributed by atoms with E-state index in [1.165, 1.54) is 0 Å². The minimum absolute atomic E-state index is 0.134. The molecular weight excluding hydrogens is 156 g/mol. The first-order chi connectivity index (χ1) is 5.09. The monoisotopic (exact) mass is 165 g/mol. The smallest absolute Gasteiger partial charge is 0.329 e. The van der Waals surface area contributed by atoms with Gasteiger partial charge in [0.1, 0.15) is 0 Å². The Bertz CT molecular complexity index is 172. The van der Waals surface area contributed by atoms with Gasteiger partial charge in [-0.25, -0.2) is 0 Å². The Hall–Kier alpha value is -0.710. The number of aliphatic hydroxyl groups is 1. The number of alkyl halides is 2. The number of hydrogen-bond donors (Lipinski definition) is 2. The second-order valence-corrected chi connectivity index (χ2v) is 2.55. The number of hydrogen-bond acceptors (Lipinski definition) is 2. The van der Waals surface area contributed by atoms with Crippen LogP contribution in [0.5, 0.6) is 0 Å². The predicted octanol–water partition coefficient (Wildman–Crippen LogP) is -0.250. The SMILES string of the molecule is O=C1NCC[C@H](CO)C1(F)F. The summed E-state index contributed by atoms with van der Waals surface area (Å²) >= 11 is 0. The van der Waals surface area contributed by atoms with Gasteiger partial charge in [0.2, 0.25) is 0 Å². The van der Waals surface area contributed by atoms with Crippen molar-refractivity contribution < 1.29 is 18.7 Å². The molecular formula is C6H9F2NO2. The maximum atomic E-state index is 12.7. The minimum atomic E-state index is -3.40. The molecule has 1 saturated heterocycles. The molecule has 0 aromatic carbocycles. The molecule has 0 aromatic heterocycles. The topological polar surface area (TPSA) is 49.3 Å². The zero-order valence-electron chi connectivity index (χ0n) is 5.81. The first kappa shape index (κ1) is 8.39. The van der Waals surface area contributed by atoms with Crippen LogP contribution in [0.25, 0.3) is 0 Å². The maximum absolute atomic E-state index is 12.7. The van der Waals surface area contributed by atoms with Gasteiger partial charge in [-0.3, -0.25) is 4.79 Å². The molecule has 5 heteroatoms. The zero-order valence-corrected chi connectivity index (χ0v) is 5.81. The van der Waals surface area contributed by atoms with E-state index in [1.54, 1.807) is 0 Å². The lowest BCUT2D eigenvalue weighted by atomic mass is 9.94. The summed E-state index contributed by atoms with van der Waals surface area (Å²) in [5.41, 5.74) is 0. The Morgan fingerprint density at radius 1 is 1.73 bits per heavy atom. The molecule has 64 valence electrons. The van der Waals surface area contributed by atoms with Gasteiger partial charge in [0.15, 0.2) is 0 Å². The molecule has 0 unspecified atom stereocenters. The maximum Gasteiger partial charge on any atom is 0.329 e. The number of amides is 1. The molecule has 2 N–H and O–H groups in total. The normalized spacial score (nSPS) is 29.7. The van der Waals surface area contributed by atoms with Gasteiger partial charge in [-0.05, 0) is 6.42 Å². The highest BCUT2D eigenvalue weighted by atomic mass is 19.3. The lowest BCUT2D eigenvalue weighted by Gasteiger charge is -2.28. The van der Waals surface area contributed by atoms with Gasteiger partial charge in [0.25, 0.3) is 5.91 Å². The summed E-state index contributed by atoms with van der Waals surface area (Å²) in [6.45, 7) is -0.417. The molecule has 1 heterocycles. The lowest BCUT2D eigenvalue weighted by Crippen LogP contribution is -2.52. The van der Waals surface area contributed by atoms with E-state index < -0.39 is 24.4 Å². The van der Waals surface area contributed by atoms with Gasteiger partial charge in [0, 0.05) is 6.54 Å². The molecule has 0 bridgehead atoms. The van der Waals surface area contributed by atoms with Crippen LogP contribution in [0, 0.1) is 5.92 Å². The van der Waals surface area contributed by atoms with E-state index in [-0.39, 0.29) is 13.0 Å². The number of piperidine rings is 1. The van der Waals surface area contributed by atoms with Crippen molar-refractivity contribution in [2.45, 2.75) is 12.3 Å². The molecule has 1 rings (SSSR count). The van der Waals surface area contributed by atoms with Gasteiger partial charge in [0.05, 0.1) is 12.5 Å². The van der Waals surface area contributed by atoms with Crippen molar-refractivity contribution in [1.29, 1.82) is 0 Å². The van der Waals surface area contributed by atoms with Crippen molar-refractivity contribution >= 4 is 5.91 Å². The van der Waals surface area contributed by atoms with E-state index in [4.69, 9.17) is 5.11 Å². The predicted molar refractivity (Wildman–Crippen MR) is 33.1 cm³/mol. The van der Waals surface area contributed by atoms with Crippen LogP contribution < -0.4 is 5.32 Å². The second kappa shape index (κ2) is 2.73. The van der Waals surface area contributed by atoms with Gasteiger partial charge in [-0.2, -0.15) is 8.78 Å². The largest absolute Gasteiger partial charge is 0.396 e. The summed E-state index contributed by atoms with van der Waals surface area (Å²) in [5.74, 6) is -5.88. The number of halogens is 2. The van der Waals surface area contributed by atoms with E-state index in [1.807, 2.05) is 5.32 Å². The third-order valence-corrected chi connectivity index (χ3v) is 1.81. The van der Waals surface area contributed by atoms with E-state index >= 15 is 0 Å². The highest BCUT2D eigenvalue weighted by Crippen LogP contribution is 2.29. The van der Waals surface area contributed by atoms with Crippen LogP contribution >= 0.6 is 0 Å². The minimum Gasteiger partial charge on any atom is -0.396 e. The summed E-state index contributed by atoms with van der Waals surface area (Å²) in [4.78, 5) is 10.5. The summed E-state index contributed by atoms with van der Waals surface area (Å²) in [6.07, 6.45) is 0.134. The molecule has 1 aliphatic heterocycles. The van der Waals surface area contributed by atoms with Crippen molar-refractivity contribution in [3.05, 3.63) is 0 Å². The van der Waals surface area contributed by atoms with Gasteiger partial charge >= 0.3 is 5.92 Å². The first-order valence-electron chi connectivity index (χ1n) is 3.36. The number of nitrogens with one attached hydrogen (secondary N) is 1. The molecule has 0 spiro atoms. The van der Waals surface area contributed by atoms with Crippen molar-refractivity contribution in [2.24, 2.45) is 5.92 Å². The Balaban J connectivity index is 2.72. The van der Waals surface area contributed by atoms with E-state index in [2.05, 4.69) is 0 Å². The van der Waals surface area contributed by atoms with Crippen molar-refractivity contribution in [3.8, 4) is 0 Å². The van der Waals surface area contributed by atoms with Crippen molar-refractivity contribution in [3.63, 3.8) is 0 Å². The fourth-order valence-electron chi connectivity index (χ4n) is 1.05. The van der Waals surface area contributed by atoms with Crippen LogP contribution in [0.15, 0.2) is 0 Å². The van der Waals surface area contributed by atoms with Crippen LogP contribution in [-0.4, -0.2) is 30.1 Å². The quantitative estimate of drug-likeness (QED) is 0.563. The molecule has 0 saturated carbocycles. The number of carbonyl (C=O) groups excluding carboxylic acids is 1. The van der Waals surface area contributed by atoms with Crippen LogP contribution in [0.2, 0.25) is 0 Å². The van der Waals surface area contributed by atoms with Crippen molar-refractivity contribution in [1.82, 2.24) is 5.32 Å². The van der Waals surface area contributed by atoms with E-state index in [9.17, 15) is 13.6 Å². The molecule has 3 nitrogen and oxygen atoms in total. The Morgan fingerprint density at radius 2 is 2.36 bits per heavy atom. The van der Waals surface area contributed by atoms with Crippen LogP contribution in [0.3, 0.4) is 0 Å². The first-order valence-corrected chi connectivity index (χ1v) is 3.36. The average molecular weight is 165 g/mol. The van der Waals surface area contributed by atoms with Gasteiger partial charge in [-0.1, -0.05) is 0 Å². The number of aliphatic hydroxyl groups excluding tert-OH is 1.